The maximum absolute atomic E-state index is 13.3. The number of anilines is 3. The molecule has 0 aliphatic carbocycles. The normalized spacial score (nSPS) is 16.3. The quantitative estimate of drug-likeness (QED) is 0.269. The number of sulfonamides is 1. The summed E-state index contributed by atoms with van der Waals surface area (Å²) in [5.41, 5.74) is 2.44. The second-order valence-electron chi connectivity index (χ2n) is 12.9. The average molecular weight is 652 g/mol. The van der Waals surface area contributed by atoms with E-state index in [1.54, 1.807) is 32.9 Å². The first-order valence-electron chi connectivity index (χ1n) is 15.8. The number of aromatic nitrogens is 3. The number of pyridine rings is 1. The van der Waals surface area contributed by atoms with Crippen LogP contribution in [-0.2, 0) is 26.0 Å². The molecule has 12 nitrogen and oxygen atoms in total. The molecule has 2 aliphatic heterocycles. The lowest BCUT2D eigenvalue weighted by atomic mass is 9.92. The largest absolute Gasteiger partial charge is 0.497 e. The maximum Gasteiger partial charge on any atom is 0.326 e. The third-order valence-electron chi connectivity index (χ3n) is 8.19. The SMILES string of the molecule is COc1ccc(S(=O)(=O)NC(CNc2nc(C)nc(N3CCC(c4ccc5c(n4)NCCC5)CC3)c2C)C(=O)OC(C)(C)C)cc1. The zero-order chi connectivity index (χ0) is 33.1. The predicted octanol–water partition coefficient (Wildman–Crippen LogP) is 4.34. The molecule has 1 fully saturated rings. The van der Waals surface area contributed by atoms with Crippen LogP contribution in [0.5, 0.6) is 5.75 Å². The second kappa shape index (κ2) is 13.8. The van der Waals surface area contributed by atoms with Gasteiger partial charge in [-0.05, 0) is 96.2 Å². The number of rotatable bonds is 10. The third-order valence-corrected chi connectivity index (χ3v) is 9.68. The Morgan fingerprint density at radius 2 is 1.78 bits per heavy atom. The molecule has 0 spiro atoms. The van der Waals surface area contributed by atoms with Gasteiger partial charge in [-0.1, -0.05) is 6.07 Å². The van der Waals surface area contributed by atoms with Crippen molar-refractivity contribution in [1.82, 2.24) is 19.7 Å². The van der Waals surface area contributed by atoms with E-state index in [2.05, 4.69) is 37.4 Å². The molecule has 2 aromatic heterocycles. The number of ether oxygens (including phenoxy) is 2. The molecule has 0 saturated carbocycles. The topological polar surface area (TPSA) is 148 Å². The number of esters is 1. The van der Waals surface area contributed by atoms with Gasteiger partial charge < -0.3 is 25.0 Å². The van der Waals surface area contributed by atoms with Gasteiger partial charge in [0, 0.05) is 43.4 Å². The van der Waals surface area contributed by atoms with Crippen LogP contribution in [0.25, 0.3) is 0 Å². The van der Waals surface area contributed by atoms with E-state index in [1.165, 1.54) is 24.8 Å². The molecular weight excluding hydrogens is 606 g/mol. The van der Waals surface area contributed by atoms with Crippen LogP contribution in [0.2, 0.25) is 0 Å². The van der Waals surface area contributed by atoms with Crippen LogP contribution in [0.3, 0.4) is 0 Å². The number of nitrogens with zero attached hydrogens (tertiary/aromatic N) is 4. The molecule has 13 heteroatoms. The standard InChI is InChI=1S/C33H45N7O5S/c1-21-29(35-20-28(32(41)45-33(3,4)5)39-46(42,43)26-12-10-25(44-6)11-13-26)36-22(2)37-31(21)40-18-15-23(16-19-40)27-14-9-24-8-7-17-34-30(24)38-27/h9-14,23,28,39H,7-8,15-20H2,1-6H3,(H,34,38)(H,35,36,37). The minimum Gasteiger partial charge on any atom is -0.497 e. The molecule has 248 valence electrons. The molecule has 46 heavy (non-hydrogen) atoms. The second-order valence-corrected chi connectivity index (χ2v) is 14.6. The fourth-order valence-electron chi connectivity index (χ4n) is 5.81. The summed E-state index contributed by atoms with van der Waals surface area (Å²) in [4.78, 5) is 29.8. The Kier molecular flexibility index (Phi) is 10.0. The number of piperidine rings is 1. The van der Waals surface area contributed by atoms with E-state index in [-0.39, 0.29) is 11.4 Å². The van der Waals surface area contributed by atoms with Crippen molar-refractivity contribution in [3.05, 3.63) is 59.0 Å². The van der Waals surface area contributed by atoms with Gasteiger partial charge in [0.1, 0.15) is 40.7 Å². The molecule has 0 radical (unpaired) electrons. The highest BCUT2D eigenvalue weighted by atomic mass is 32.2. The number of carbonyl (C=O) groups excluding carboxylic acids is 1. The summed E-state index contributed by atoms with van der Waals surface area (Å²) < 4.78 is 39.8. The maximum atomic E-state index is 13.3. The van der Waals surface area contributed by atoms with Crippen LogP contribution >= 0.6 is 0 Å². The summed E-state index contributed by atoms with van der Waals surface area (Å²) >= 11 is 0. The third kappa shape index (κ3) is 8.05. The van der Waals surface area contributed by atoms with Crippen LogP contribution in [-0.4, -0.2) is 74.3 Å². The van der Waals surface area contributed by atoms with Gasteiger partial charge in [0.05, 0.1) is 12.0 Å². The van der Waals surface area contributed by atoms with Crippen molar-refractivity contribution in [3.8, 4) is 5.75 Å². The molecule has 1 unspecified atom stereocenters. The monoisotopic (exact) mass is 651 g/mol. The summed E-state index contributed by atoms with van der Waals surface area (Å²) in [5, 5.41) is 6.66. The Morgan fingerprint density at radius 3 is 2.46 bits per heavy atom. The van der Waals surface area contributed by atoms with Gasteiger partial charge in [0.25, 0.3) is 0 Å². The first-order valence-corrected chi connectivity index (χ1v) is 17.3. The van der Waals surface area contributed by atoms with Gasteiger partial charge in [-0.15, -0.1) is 0 Å². The predicted molar refractivity (Wildman–Crippen MR) is 178 cm³/mol. The van der Waals surface area contributed by atoms with E-state index >= 15 is 0 Å². The lowest BCUT2D eigenvalue weighted by molar-refractivity contribution is -0.156. The molecule has 1 aromatic carbocycles. The van der Waals surface area contributed by atoms with Gasteiger partial charge in [-0.3, -0.25) is 4.79 Å². The highest BCUT2D eigenvalue weighted by Gasteiger charge is 2.31. The van der Waals surface area contributed by atoms with Gasteiger partial charge in [0.2, 0.25) is 10.0 Å². The van der Waals surface area contributed by atoms with Crippen LogP contribution in [0.1, 0.15) is 68.6 Å². The van der Waals surface area contributed by atoms with E-state index in [0.717, 1.165) is 68.2 Å². The number of methoxy groups -OCH3 is 1. The molecule has 0 bridgehead atoms. The first-order chi connectivity index (χ1) is 21.8. The lowest BCUT2D eigenvalue weighted by Gasteiger charge is -2.34. The van der Waals surface area contributed by atoms with E-state index in [0.29, 0.717) is 23.3 Å². The van der Waals surface area contributed by atoms with Crippen molar-refractivity contribution in [2.24, 2.45) is 0 Å². The molecule has 2 aliphatic rings. The van der Waals surface area contributed by atoms with Crippen molar-refractivity contribution < 1.29 is 22.7 Å². The minimum atomic E-state index is -4.06. The van der Waals surface area contributed by atoms with Crippen LogP contribution in [0.15, 0.2) is 41.3 Å². The summed E-state index contributed by atoms with van der Waals surface area (Å²) in [6, 6.07) is 9.12. The molecule has 1 saturated heterocycles. The zero-order valence-electron chi connectivity index (χ0n) is 27.5. The lowest BCUT2D eigenvalue weighted by Crippen LogP contribution is -2.48. The van der Waals surface area contributed by atoms with Gasteiger partial charge in [0.15, 0.2) is 0 Å². The number of fused-ring (bicyclic) bond motifs is 1. The Morgan fingerprint density at radius 1 is 1.07 bits per heavy atom. The molecule has 1 atom stereocenters. The fraction of sp³-hybridized carbons (Fsp3) is 0.515. The molecule has 0 amide bonds. The van der Waals surface area contributed by atoms with E-state index in [4.69, 9.17) is 19.4 Å². The number of benzene rings is 1. The van der Waals surface area contributed by atoms with E-state index in [9.17, 15) is 13.2 Å². The van der Waals surface area contributed by atoms with Crippen molar-refractivity contribution >= 4 is 33.4 Å². The van der Waals surface area contributed by atoms with Gasteiger partial charge >= 0.3 is 5.97 Å². The Balaban J connectivity index is 1.30. The Hall–Kier alpha value is -3.97. The van der Waals surface area contributed by atoms with Crippen molar-refractivity contribution in [2.45, 2.75) is 82.8 Å². The highest BCUT2D eigenvalue weighted by molar-refractivity contribution is 7.89. The average Bonchev–Trinajstić information content (AvgIpc) is 3.03. The Labute approximate surface area is 271 Å². The number of hydrogen-bond donors (Lipinski definition) is 3. The van der Waals surface area contributed by atoms with Crippen molar-refractivity contribution in [2.75, 3.05) is 48.8 Å². The smallest absolute Gasteiger partial charge is 0.326 e. The zero-order valence-corrected chi connectivity index (χ0v) is 28.3. The number of aryl methyl sites for hydroxylation is 2. The molecule has 5 rings (SSSR count). The summed E-state index contributed by atoms with van der Waals surface area (Å²) in [7, 11) is -2.56. The molecular formula is C33H45N7O5S. The van der Waals surface area contributed by atoms with Crippen LogP contribution < -0.4 is 25.0 Å². The molecule has 3 aromatic rings. The molecule has 3 N–H and O–H groups in total. The number of nitrogens with one attached hydrogen (secondary N) is 3. The summed E-state index contributed by atoms with van der Waals surface area (Å²) in [5.74, 6) is 3.14. The van der Waals surface area contributed by atoms with Crippen LogP contribution in [0.4, 0.5) is 17.5 Å². The van der Waals surface area contributed by atoms with E-state index in [1.807, 2.05) is 13.8 Å². The van der Waals surface area contributed by atoms with E-state index < -0.39 is 27.6 Å². The summed E-state index contributed by atoms with van der Waals surface area (Å²) in [6.07, 6.45) is 4.11. The van der Waals surface area contributed by atoms with Crippen molar-refractivity contribution in [1.29, 1.82) is 0 Å². The summed E-state index contributed by atoms with van der Waals surface area (Å²) in [6.45, 7) is 11.5. The minimum absolute atomic E-state index is 0.00320. The fourth-order valence-corrected chi connectivity index (χ4v) is 6.99. The van der Waals surface area contributed by atoms with Crippen molar-refractivity contribution in [3.63, 3.8) is 0 Å². The molecule has 4 heterocycles. The highest BCUT2D eigenvalue weighted by Crippen LogP contribution is 2.33. The first kappa shape index (κ1) is 33.4. The Bertz CT molecular complexity index is 1650. The number of hydrogen-bond acceptors (Lipinski definition) is 11. The van der Waals surface area contributed by atoms with Crippen LogP contribution in [0, 0.1) is 13.8 Å². The van der Waals surface area contributed by atoms with Gasteiger partial charge in [-0.2, -0.15) is 4.72 Å². The number of carbonyl (C=O) groups is 1. The van der Waals surface area contributed by atoms with Gasteiger partial charge in [-0.25, -0.2) is 23.4 Å².